The van der Waals surface area contributed by atoms with Crippen LogP contribution in [-0.2, 0) is 0 Å². The van der Waals surface area contributed by atoms with Gasteiger partial charge in [-0.1, -0.05) is 12.2 Å². The van der Waals surface area contributed by atoms with Crippen LogP contribution in [0.5, 0.6) is 0 Å². The molecule has 3 N–H and O–H groups in total. The first-order chi connectivity index (χ1) is 7.65. The van der Waals surface area contributed by atoms with Crippen LogP contribution in [0.15, 0.2) is 24.3 Å². The number of nitrogens with one attached hydrogen (secondary N) is 1. The Bertz CT molecular complexity index is 404. The van der Waals surface area contributed by atoms with Gasteiger partial charge in [-0.2, -0.15) is 0 Å². The van der Waals surface area contributed by atoms with Crippen molar-refractivity contribution < 1.29 is 4.92 Å². The minimum absolute atomic E-state index is 0.0306. The second-order valence-electron chi connectivity index (χ2n) is 3.15. The first kappa shape index (κ1) is 12.1. The van der Waals surface area contributed by atoms with Crippen LogP contribution >= 0.6 is 0 Å². The maximum atomic E-state index is 10.6. The van der Waals surface area contributed by atoms with Crippen molar-refractivity contribution in [1.82, 2.24) is 4.98 Å². The van der Waals surface area contributed by atoms with E-state index >= 15 is 0 Å². The third-order valence-corrected chi connectivity index (χ3v) is 1.96. The molecule has 0 radical (unpaired) electrons. The van der Waals surface area contributed by atoms with Crippen LogP contribution in [0.1, 0.15) is 5.69 Å². The van der Waals surface area contributed by atoms with Gasteiger partial charge in [0, 0.05) is 19.2 Å². The van der Waals surface area contributed by atoms with Crippen LogP contribution < -0.4 is 11.1 Å². The molecule has 0 spiro atoms. The van der Waals surface area contributed by atoms with Gasteiger partial charge in [0.05, 0.1) is 4.92 Å². The molecule has 0 unspecified atom stereocenters. The van der Waals surface area contributed by atoms with E-state index in [4.69, 9.17) is 5.73 Å². The number of anilines is 1. The summed E-state index contributed by atoms with van der Waals surface area (Å²) in [6.07, 6.45) is 3.70. The molecular weight excluding hydrogens is 208 g/mol. The number of pyridine rings is 1. The lowest BCUT2D eigenvalue weighted by atomic mass is 10.3. The van der Waals surface area contributed by atoms with Gasteiger partial charge in [0.2, 0.25) is 0 Å². The molecule has 1 aromatic rings. The third kappa shape index (κ3) is 3.32. The molecule has 0 aliphatic rings. The molecule has 0 aromatic carbocycles. The highest BCUT2D eigenvalue weighted by atomic mass is 16.6. The fraction of sp³-hybridized carbons (Fsp3) is 0.300. The van der Waals surface area contributed by atoms with Gasteiger partial charge in [0.1, 0.15) is 11.5 Å². The Morgan fingerprint density at radius 2 is 2.31 bits per heavy atom. The van der Waals surface area contributed by atoms with Crippen LogP contribution in [0.3, 0.4) is 0 Å². The molecule has 0 saturated heterocycles. The number of nitro groups is 1. The summed E-state index contributed by atoms with van der Waals surface area (Å²) >= 11 is 0. The van der Waals surface area contributed by atoms with Crippen molar-refractivity contribution in [3.05, 3.63) is 40.1 Å². The van der Waals surface area contributed by atoms with Crippen molar-refractivity contribution in [2.75, 3.05) is 18.4 Å². The smallest absolute Gasteiger partial charge is 0.290 e. The van der Waals surface area contributed by atoms with E-state index in [1.54, 1.807) is 13.0 Å². The minimum Gasteiger partial charge on any atom is -0.367 e. The largest absolute Gasteiger partial charge is 0.367 e. The summed E-state index contributed by atoms with van der Waals surface area (Å²) in [5.74, 6) is 0.616. The average molecular weight is 222 g/mol. The van der Waals surface area contributed by atoms with Crippen LogP contribution in [0, 0.1) is 17.0 Å². The molecule has 0 aliphatic heterocycles. The van der Waals surface area contributed by atoms with E-state index in [0.717, 1.165) is 0 Å². The molecule has 1 rings (SSSR count). The van der Waals surface area contributed by atoms with E-state index in [9.17, 15) is 10.1 Å². The zero-order valence-electron chi connectivity index (χ0n) is 9.01. The molecule has 0 atom stereocenters. The van der Waals surface area contributed by atoms with Crippen molar-refractivity contribution >= 4 is 11.5 Å². The molecule has 6 heteroatoms. The fourth-order valence-electron chi connectivity index (χ4n) is 1.19. The van der Waals surface area contributed by atoms with E-state index in [1.165, 1.54) is 6.07 Å². The quantitative estimate of drug-likeness (QED) is 0.444. The Labute approximate surface area is 93.3 Å². The maximum Gasteiger partial charge on any atom is 0.290 e. The number of hydrogen-bond donors (Lipinski definition) is 2. The van der Waals surface area contributed by atoms with Crippen LogP contribution in [-0.4, -0.2) is 23.0 Å². The van der Waals surface area contributed by atoms with Gasteiger partial charge in [0.15, 0.2) is 0 Å². The Balaban J connectivity index is 2.66. The molecule has 1 heterocycles. The molecule has 0 saturated carbocycles. The minimum atomic E-state index is -0.444. The lowest BCUT2D eigenvalue weighted by Gasteiger charge is -2.03. The molecule has 0 amide bonds. The second kappa shape index (κ2) is 5.82. The molecule has 6 nitrogen and oxygen atoms in total. The van der Waals surface area contributed by atoms with Gasteiger partial charge >= 0.3 is 0 Å². The molecular formula is C10H14N4O2. The van der Waals surface area contributed by atoms with Crippen molar-refractivity contribution in [1.29, 1.82) is 0 Å². The molecule has 0 fully saturated rings. The Hall–Kier alpha value is -1.95. The number of hydrogen-bond acceptors (Lipinski definition) is 5. The number of nitrogens with two attached hydrogens (primary N) is 1. The van der Waals surface area contributed by atoms with Crippen LogP contribution in [0.25, 0.3) is 0 Å². The zero-order chi connectivity index (χ0) is 12.0. The number of nitrogens with zero attached hydrogens (tertiary/aromatic N) is 2. The predicted octanol–water partition coefficient (Wildman–Crippen LogP) is 1.23. The molecule has 86 valence electrons. The highest BCUT2D eigenvalue weighted by molar-refractivity contribution is 5.45. The molecule has 16 heavy (non-hydrogen) atoms. The van der Waals surface area contributed by atoms with E-state index < -0.39 is 4.92 Å². The van der Waals surface area contributed by atoms with Gasteiger partial charge in [0.25, 0.3) is 5.69 Å². The van der Waals surface area contributed by atoms with Gasteiger partial charge in [-0.05, 0) is 13.0 Å². The molecule has 1 aromatic heterocycles. The van der Waals surface area contributed by atoms with E-state index in [2.05, 4.69) is 10.3 Å². The van der Waals surface area contributed by atoms with Gasteiger partial charge in [-0.15, -0.1) is 0 Å². The summed E-state index contributed by atoms with van der Waals surface area (Å²) in [4.78, 5) is 14.2. The monoisotopic (exact) mass is 222 g/mol. The molecule has 0 bridgehead atoms. The fourth-order valence-corrected chi connectivity index (χ4v) is 1.19. The van der Waals surface area contributed by atoms with Crippen molar-refractivity contribution in [2.24, 2.45) is 5.73 Å². The highest BCUT2D eigenvalue weighted by Gasteiger charge is 2.10. The lowest BCUT2D eigenvalue weighted by molar-refractivity contribution is -0.385. The first-order valence-electron chi connectivity index (χ1n) is 4.86. The first-order valence-corrected chi connectivity index (χ1v) is 4.86. The topological polar surface area (TPSA) is 94.1 Å². The van der Waals surface area contributed by atoms with Crippen LogP contribution in [0.4, 0.5) is 11.5 Å². The van der Waals surface area contributed by atoms with Crippen molar-refractivity contribution in [3.63, 3.8) is 0 Å². The van der Waals surface area contributed by atoms with E-state index in [0.29, 0.717) is 24.6 Å². The SMILES string of the molecule is Cc1nc(NC/C=C/CN)ccc1[N+](=O)[O-]. The zero-order valence-corrected chi connectivity index (χ0v) is 9.01. The molecule has 0 aliphatic carbocycles. The Kier molecular flexibility index (Phi) is 4.41. The van der Waals surface area contributed by atoms with Gasteiger partial charge in [-0.25, -0.2) is 4.98 Å². The summed E-state index contributed by atoms with van der Waals surface area (Å²) in [6.45, 7) is 2.70. The van der Waals surface area contributed by atoms with Gasteiger partial charge < -0.3 is 11.1 Å². The van der Waals surface area contributed by atoms with E-state index in [-0.39, 0.29) is 5.69 Å². The maximum absolute atomic E-state index is 10.6. The normalized spacial score (nSPS) is 10.6. The lowest BCUT2D eigenvalue weighted by Crippen LogP contribution is -2.03. The summed E-state index contributed by atoms with van der Waals surface area (Å²) in [7, 11) is 0. The number of aromatic nitrogens is 1. The predicted molar refractivity (Wildman–Crippen MR) is 62.3 cm³/mol. The average Bonchev–Trinajstić information content (AvgIpc) is 2.24. The summed E-state index contributed by atoms with van der Waals surface area (Å²) in [6, 6.07) is 3.03. The highest BCUT2D eigenvalue weighted by Crippen LogP contribution is 2.17. The van der Waals surface area contributed by atoms with Crippen molar-refractivity contribution in [2.45, 2.75) is 6.92 Å². The standard InChI is InChI=1S/C10H14N4O2/c1-8-9(14(15)16)4-5-10(13-8)12-7-3-2-6-11/h2-5H,6-7,11H2,1H3,(H,12,13)/b3-2+. The van der Waals surface area contributed by atoms with Crippen LogP contribution in [0.2, 0.25) is 0 Å². The number of aryl methyl sites for hydroxylation is 1. The van der Waals surface area contributed by atoms with E-state index in [1.807, 2.05) is 12.2 Å². The number of rotatable bonds is 5. The van der Waals surface area contributed by atoms with Crippen molar-refractivity contribution in [3.8, 4) is 0 Å². The second-order valence-corrected chi connectivity index (χ2v) is 3.15. The Morgan fingerprint density at radius 1 is 1.56 bits per heavy atom. The van der Waals surface area contributed by atoms with Gasteiger partial charge in [-0.3, -0.25) is 10.1 Å². The summed E-state index contributed by atoms with van der Waals surface area (Å²) in [5, 5.41) is 13.6. The summed E-state index contributed by atoms with van der Waals surface area (Å²) < 4.78 is 0. The third-order valence-electron chi connectivity index (χ3n) is 1.96. The summed E-state index contributed by atoms with van der Waals surface area (Å²) in [5.41, 5.74) is 5.71. The Morgan fingerprint density at radius 3 is 2.88 bits per heavy atom.